The fourth-order valence-electron chi connectivity index (χ4n) is 2.46. The van der Waals surface area contributed by atoms with Crippen LogP contribution in [0.1, 0.15) is 16.1 Å². The van der Waals surface area contributed by atoms with Crippen molar-refractivity contribution in [2.45, 2.75) is 6.61 Å². The fraction of sp³-hybridized carbons (Fsp3) is 0.167. The van der Waals surface area contributed by atoms with Gasteiger partial charge >= 0.3 is 0 Å². The number of carbonyl (C=O) groups is 1. The quantitative estimate of drug-likeness (QED) is 0.777. The van der Waals surface area contributed by atoms with E-state index in [9.17, 15) is 4.79 Å². The maximum Gasteiger partial charge on any atom is 0.291 e. The molecule has 118 valence electrons. The van der Waals surface area contributed by atoms with E-state index in [4.69, 9.17) is 13.9 Å². The Kier molecular flexibility index (Phi) is 4.30. The topological polar surface area (TPSA) is 60.7 Å². The standard InChI is InChI=1S/C18H17NO4/c1-21-11-15-14-8-3-4-9-16(14)23-17(15)18(20)19-12-6-5-7-13(10-12)22-2/h3-10H,11H2,1-2H3,(H,19,20). The largest absolute Gasteiger partial charge is 0.497 e. The molecule has 3 rings (SSSR count). The summed E-state index contributed by atoms with van der Waals surface area (Å²) < 4.78 is 16.1. The van der Waals surface area contributed by atoms with Gasteiger partial charge < -0.3 is 19.2 Å². The normalized spacial score (nSPS) is 10.7. The molecular formula is C18H17NO4. The highest BCUT2D eigenvalue weighted by Crippen LogP contribution is 2.27. The summed E-state index contributed by atoms with van der Waals surface area (Å²) in [6.07, 6.45) is 0. The summed E-state index contributed by atoms with van der Waals surface area (Å²) in [7, 11) is 3.17. The monoisotopic (exact) mass is 311 g/mol. The Morgan fingerprint density at radius 3 is 2.74 bits per heavy atom. The Hall–Kier alpha value is -2.79. The number of hydrogen-bond acceptors (Lipinski definition) is 4. The number of benzene rings is 2. The van der Waals surface area contributed by atoms with Crippen molar-refractivity contribution < 1.29 is 18.7 Å². The molecule has 0 aliphatic rings. The molecule has 0 aliphatic heterocycles. The number of hydrogen-bond donors (Lipinski definition) is 1. The minimum absolute atomic E-state index is 0.260. The molecule has 23 heavy (non-hydrogen) atoms. The number of fused-ring (bicyclic) bond motifs is 1. The number of furan rings is 1. The van der Waals surface area contributed by atoms with Crippen molar-refractivity contribution in [3.63, 3.8) is 0 Å². The Bertz CT molecular complexity index is 838. The first-order chi connectivity index (χ1) is 11.2. The SMILES string of the molecule is COCc1c(C(=O)Nc2cccc(OC)c2)oc2ccccc12. The van der Waals surface area contributed by atoms with Gasteiger partial charge in [-0.2, -0.15) is 0 Å². The first kappa shape index (κ1) is 15.1. The molecule has 5 nitrogen and oxygen atoms in total. The lowest BCUT2D eigenvalue weighted by Crippen LogP contribution is -2.13. The number of methoxy groups -OCH3 is 2. The molecule has 3 aromatic rings. The first-order valence-corrected chi connectivity index (χ1v) is 7.17. The van der Waals surface area contributed by atoms with Crippen molar-refractivity contribution >= 4 is 22.6 Å². The van der Waals surface area contributed by atoms with Gasteiger partial charge in [0, 0.05) is 29.8 Å². The fourth-order valence-corrected chi connectivity index (χ4v) is 2.46. The Morgan fingerprint density at radius 1 is 1.13 bits per heavy atom. The summed E-state index contributed by atoms with van der Waals surface area (Å²) >= 11 is 0. The third-order valence-corrected chi connectivity index (χ3v) is 3.52. The van der Waals surface area contributed by atoms with E-state index in [0.717, 1.165) is 10.9 Å². The molecule has 0 saturated carbocycles. The summed E-state index contributed by atoms with van der Waals surface area (Å²) in [5.74, 6) is 0.613. The van der Waals surface area contributed by atoms with Crippen LogP contribution in [0.3, 0.4) is 0 Å². The average Bonchev–Trinajstić information content (AvgIpc) is 2.94. The second-order valence-electron chi connectivity index (χ2n) is 5.02. The van der Waals surface area contributed by atoms with Gasteiger partial charge in [0.2, 0.25) is 0 Å². The molecule has 0 bridgehead atoms. The van der Waals surface area contributed by atoms with E-state index in [1.165, 1.54) is 0 Å². The molecule has 0 spiro atoms. The first-order valence-electron chi connectivity index (χ1n) is 7.17. The summed E-state index contributed by atoms with van der Waals surface area (Å²) in [4.78, 5) is 12.6. The van der Waals surface area contributed by atoms with Crippen molar-refractivity contribution in [3.8, 4) is 5.75 Å². The van der Waals surface area contributed by atoms with Gasteiger partial charge in [-0.05, 0) is 18.2 Å². The van der Waals surface area contributed by atoms with Gasteiger partial charge in [0.25, 0.3) is 5.91 Å². The number of amides is 1. The van der Waals surface area contributed by atoms with E-state index in [0.29, 0.717) is 23.6 Å². The molecule has 0 unspecified atom stereocenters. The molecule has 2 aromatic carbocycles. The highest BCUT2D eigenvalue weighted by atomic mass is 16.5. The molecule has 0 radical (unpaired) electrons. The molecule has 1 amide bonds. The van der Waals surface area contributed by atoms with E-state index < -0.39 is 0 Å². The summed E-state index contributed by atoms with van der Waals surface area (Å²) in [5, 5.41) is 3.70. The molecule has 5 heteroatoms. The number of nitrogens with one attached hydrogen (secondary N) is 1. The zero-order valence-electron chi connectivity index (χ0n) is 13.0. The van der Waals surface area contributed by atoms with Crippen LogP contribution < -0.4 is 10.1 Å². The highest BCUT2D eigenvalue weighted by molar-refractivity contribution is 6.06. The zero-order chi connectivity index (χ0) is 16.2. The molecule has 1 N–H and O–H groups in total. The average molecular weight is 311 g/mol. The van der Waals surface area contributed by atoms with Gasteiger partial charge in [0.05, 0.1) is 13.7 Å². The number of carbonyl (C=O) groups excluding carboxylic acids is 1. The van der Waals surface area contributed by atoms with Crippen LogP contribution in [0.15, 0.2) is 52.9 Å². The van der Waals surface area contributed by atoms with Crippen molar-refractivity contribution in [2.24, 2.45) is 0 Å². The summed E-state index contributed by atoms with van der Waals surface area (Å²) in [6, 6.07) is 14.7. The predicted octanol–water partition coefficient (Wildman–Crippen LogP) is 3.84. The molecule has 1 aromatic heterocycles. The number of para-hydroxylation sites is 1. The van der Waals surface area contributed by atoms with Gasteiger partial charge in [0.15, 0.2) is 5.76 Å². The highest BCUT2D eigenvalue weighted by Gasteiger charge is 2.20. The smallest absolute Gasteiger partial charge is 0.291 e. The molecular weight excluding hydrogens is 294 g/mol. The Balaban J connectivity index is 1.95. The van der Waals surface area contributed by atoms with Crippen LogP contribution in [0.2, 0.25) is 0 Å². The lowest BCUT2D eigenvalue weighted by molar-refractivity contribution is 0.0992. The second kappa shape index (κ2) is 6.54. The Morgan fingerprint density at radius 2 is 1.96 bits per heavy atom. The maximum absolute atomic E-state index is 12.6. The molecule has 1 heterocycles. The third-order valence-electron chi connectivity index (χ3n) is 3.52. The van der Waals surface area contributed by atoms with Gasteiger partial charge in [-0.25, -0.2) is 0 Å². The summed E-state index contributed by atoms with van der Waals surface area (Å²) in [6.45, 7) is 0.303. The van der Waals surface area contributed by atoms with Gasteiger partial charge in [-0.1, -0.05) is 24.3 Å². The maximum atomic E-state index is 12.6. The predicted molar refractivity (Wildman–Crippen MR) is 87.9 cm³/mol. The van der Waals surface area contributed by atoms with Crippen molar-refractivity contribution in [3.05, 3.63) is 59.9 Å². The minimum Gasteiger partial charge on any atom is -0.497 e. The van der Waals surface area contributed by atoms with Crippen LogP contribution >= 0.6 is 0 Å². The minimum atomic E-state index is -0.318. The van der Waals surface area contributed by atoms with Crippen LogP contribution in [-0.2, 0) is 11.3 Å². The van der Waals surface area contributed by atoms with E-state index in [1.54, 1.807) is 26.4 Å². The van der Waals surface area contributed by atoms with E-state index in [-0.39, 0.29) is 11.7 Å². The van der Waals surface area contributed by atoms with Crippen LogP contribution in [0.5, 0.6) is 5.75 Å². The number of anilines is 1. The summed E-state index contributed by atoms with van der Waals surface area (Å²) in [5.41, 5.74) is 2.04. The van der Waals surface area contributed by atoms with Gasteiger partial charge in [-0.3, -0.25) is 4.79 Å². The van der Waals surface area contributed by atoms with Crippen LogP contribution in [0.25, 0.3) is 11.0 Å². The second-order valence-corrected chi connectivity index (χ2v) is 5.02. The van der Waals surface area contributed by atoms with Crippen LogP contribution in [0.4, 0.5) is 5.69 Å². The molecule has 0 saturated heterocycles. The van der Waals surface area contributed by atoms with Crippen molar-refractivity contribution in [1.29, 1.82) is 0 Å². The number of ether oxygens (including phenoxy) is 2. The lowest BCUT2D eigenvalue weighted by atomic mass is 10.1. The van der Waals surface area contributed by atoms with Crippen LogP contribution in [0, 0.1) is 0 Å². The third kappa shape index (κ3) is 3.05. The number of rotatable bonds is 5. The molecule has 0 aliphatic carbocycles. The van der Waals surface area contributed by atoms with E-state index in [2.05, 4.69) is 5.32 Å². The molecule has 0 fully saturated rings. The van der Waals surface area contributed by atoms with Gasteiger partial charge in [0.1, 0.15) is 11.3 Å². The molecule has 0 atom stereocenters. The van der Waals surface area contributed by atoms with E-state index >= 15 is 0 Å². The lowest BCUT2D eigenvalue weighted by Gasteiger charge is -2.06. The Labute approximate surface area is 133 Å². The van der Waals surface area contributed by atoms with Crippen molar-refractivity contribution in [1.82, 2.24) is 0 Å². The van der Waals surface area contributed by atoms with Crippen LogP contribution in [-0.4, -0.2) is 20.1 Å². The van der Waals surface area contributed by atoms with Gasteiger partial charge in [-0.15, -0.1) is 0 Å². The van der Waals surface area contributed by atoms with Crippen molar-refractivity contribution in [2.75, 3.05) is 19.5 Å². The zero-order valence-corrected chi connectivity index (χ0v) is 13.0. The van der Waals surface area contributed by atoms with E-state index in [1.807, 2.05) is 36.4 Å².